The van der Waals surface area contributed by atoms with E-state index in [0.717, 1.165) is 0 Å². The molecule has 0 saturated carbocycles. The molecule has 0 spiro atoms. The number of hydrogen-bond acceptors (Lipinski definition) is 1. The van der Waals surface area contributed by atoms with Gasteiger partial charge in [0.05, 0.1) is 0 Å². The maximum Gasteiger partial charge on any atom is 0.379 e. The fraction of sp³-hybridized carbons (Fsp3) is 0.250. The van der Waals surface area contributed by atoms with Crippen molar-refractivity contribution < 1.29 is 13.2 Å². The summed E-state index contributed by atoms with van der Waals surface area (Å²) in [7, 11) is 0. The summed E-state index contributed by atoms with van der Waals surface area (Å²) in [6.07, 6.45) is 0. The van der Waals surface area contributed by atoms with Crippen LogP contribution in [0.2, 0.25) is 0 Å². The van der Waals surface area contributed by atoms with Crippen molar-refractivity contribution in [2.45, 2.75) is 13.2 Å². The molecule has 0 aliphatic rings. The van der Waals surface area contributed by atoms with Crippen molar-refractivity contribution in [3.63, 3.8) is 0 Å². The lowest BCUT2D eigenvalue weighted by molar-refractivity contribution is 0.00819. The zero-order valence-corrected chi connectivity index (χ0v) is 8.84. The molecule has 5 heteroatoms. The summed E-state index contributed by atoms with van der Waals surface area (Å²) in [5.41, 5.74) is 6.59. The van der Waals surface area contributed by atoms with E-state index in [-0.39, 0.29) is 0 Å². The first-order valence-electron chi connectivity index (χ1n) is 3.43. The molecule has 0 heterocycles. The summed E-state index contributed by atoms with van der Waals surface area (Å²) in [5, 5.41) is 0. The Bertz CT molecular complexity index is 223. The Kier molecular flexibility index (Phi) is 6.97. The van der Waals surface area contributed by atoms with Gasteiger partial charge in [0.25, 0.3) is 0 Å². The summed E-state index contributed by atoms with van der Waals surface area (Å²) in [6, 6.07) is 8.20. The minimum Gasteiger partial charge on any atom is -0.326 e. The van der Waals surface area contributed by atoms with Gasteiger partial charge in [-0.3, -0.25) is 0 Å². The summed E-state index contributed by atoms with van der Waals surface area (Å²) >= 11 is 2.27. The lowest BCUT2D eigenvalue weighted by Gasteiger charge is -1.93. The van der Waals surface area contributed by atoms with E-state index in [1.54, 1.807) is 0 Å². The Hall–Kier alpha value is -0.300. The number of nitrogens with two attached hydrogens (primary N) is 1. The van der Waals surface area contributed by atoms with Crippen molar-refractivity contribution in [1.29, 1.82) is 0 Å². The number of hydrogen-bond donors (Lipinski definition) is 1. The molecule has 1 aromatic carbocycles. The fourth-order valence-electron chi connectivity index (χ4n) is 0.620. The summed E-state index contributed by atoms with van der Waals surface area (Å²) in [4.78, 5) is 0. The molecule has 1 rings (SSSR count). The van der Waals surface area contributed by atoms with E-state index >= 15 is 0 Å². The maximum atomic E-state index is 9.67. The van der Waals surface area contributed by atoms with Crippen molar-refractivity contribution >= 4 is 22.6 Å². The molecule has 74 valence electrons. The average Bonchev–Trinajstić information content (AvgIpc) is 2.05. The van der Waals surface area contributed by atoms with Crippen LogP contribution in [0.5, 0.6) is 0 Å². The maximum absolute atomic E-state index is 9.67. The normalized spacial score (nSPS) is 9.38. The molecule has 0 unspecified atom stereocenters. The molecule has 1 aromatic rings. The molecule has 0 amide bonds. The molecule has 0 saturated heterocycles. The molecule has 2 N–H and O–H groups in total. The van der Waals surface area contributed by atoms with Gasteiger partial charge < -0.3 is 5.73 Å². The van der Waals surface area contributed by atoms with Crippen molar-refractivity contribution in [1.82, 2.24) is 0 Å². The van der Waals surface area contributed by atoms with Crippen LogP contribution in [0.15, 0.2) is 24.3 Å². The average molecular weight is 303 g/mol. The second-order valence-electron chi connectivity index (χ2n) is 2.08. The van der Waals surface area contributed by atoms with Crippen LogP contribution < -0.4 is 5.73 Å². The van der Waals surface area contributed by atoms with Gasteiger partial charge in [-0.05, 0) is 40.3 Å². The predicted molar refractivity (Wildman–Crippen MR) is 54.2 cm³/mol. The van der Waals surface area contributed by atoms with Gasteiger partial charge in [-0.1, -0.05) is 12.1 Å². The molecule has 1 nitrogen and oxygen atoms in total. The van der Waals surface area contributed by atoms with Gasteiger partial charge in [-0.25, -0.2) is 0 Å². The molecule has 0 fully saturated rings. The predicted octanol–water partition coefficient (Wildman–Crippen LogP) is 2.93. The smallest absolute Gasteiger partial charge is 0.326 e. The Labute approximate surface area is 88.3 Å². The summed E-state index contributed by atoms with van der Waals surface area (Å²) < 4.78 is 30.3. The van der Waals surface area contributed by atoms with Crippen molar-refractivity contribution in [2.75, 3.05) is 0 Å². The number of benzene rings is 1. The van der Waals surface area contributed by atoms with Crippen LogP contribution in [0.3, 0.4) is 0 Å². The zero-order chi connectivity index (χ0) is 10.3. The van der Waals surface area contributed by atoms with Gasteiger partial charge in [0.1, 0.15) is 0 Å². The third-order valence-corrected chi connectivity index (χ3v) is 1.87. The Morgan fingerprint density at radius 2 is 1.54 bits per heavy atom. The van der Waals surface area contributed by atoms with Crippen molar-refractivity contribution in [3.8, 4) is 0 Å². The van der Waals surface area contributed by atoms with Crippen LogP contribution >= 0.6 is 22.6 Å². The largest absolute Gasteiger partial charge is 0.379 e. The topological polar surface area (TPSA) is 26.0 Å². The third-order valence-electron chi connectivity index (χ3n) is 1.15. The first-order chi connectivity index (χ1) is 6.06. The lowest BCUT2D eigenvalue weighted by atomic mass is 10.2. The highest BCUT2D eigenvalue weighted by atomic mass is 127. The van der Waals surface area contributed by atoms with Crippen LogP contribution in [0.1, 0.15) is 5.56 Å². The first kappa shape index (κ1) is 12.7. The molecule has 0 bridgehead atoms. The summed E-state index contributed by atoms with van der Waals surface area (Å²) in [6.45, 7) is -3.03. The van der Waals surface area contributed by atoms with E-state index in [4.69, 9.17) is 5.73 Å². The highest BCUT2D eigenvalue weighted by Crippen LogP contribution is 2.05. The summed E-state index contributed by atoms with van der Waals surface area (Å²) in [5.74, 6) is 0. The van der Waals surface area contributed by atoms with E-state index in [1.807, 2.05) is 12.1 Å². The van der Waals surface area contributed by atoms with Crippen LogP contribution in [0.4, 0.5) is 13.2 Å². The van der Waals surface area contributed by atoms with Gasteiger partial charge in [0.2, 0.25) is 0 Å². The lowest BCUT2D eigenvalue weighted by Crippen LogP contribution is -1.94. The van der Waals surface area contributed by atoms with Gasteiger partial charge in [-0.15, -0.1) is 0 Å². The fourth-order valence-corrected chi connectivity index (χ4v) is 0.980. The number of halogens is 4. The number of rotatable bonds is 1. The molecular weight excluding hydrogens is 294 g/mol. The standard InChI is InChI=1S/C7H8IN.CHF3/c8-7-3-1-6(5-9)2-4-7;2-1(3)4/h1-4H,5,9H2;1H. The third kappa shape index (κ3) is 8.04. The van der Waals surface area contributed by atoms with Crippen LogP contribution in [-0.4, -0.2) is 6.68 Å². The van der Waals surface area contributed by atoms with E-state index in [2.05, 4.69) is 34.7 Å². The second-order valence-corrected chi connectivity index (χ2v) is 3.32. The zero-order valence-electron chi connectivity index (χ0n) is 6.68. The quantitative estimate of drug-likeness (QED) is 0.793. The minimum absolute atomic E-state index is 0.636. The van der Waals surface area contributed by atoms with Crippen molar-refractivity contribution in [2.24, 2.45) is 5.73 Å². The highest BCUT2D eigenvalue weighted by Gasteiger charge is 1.86. The molecule has 0 atom stereocenters. The Morgan fingerprint density at radius 3 is 1.85 bits per heavy atom. The Morgan fingerprint density at radius 1 is 1.15 bits per heavy atom. The second kappa shape index (κ2) is 7.14. The van der Waals surface area contributed by atoms with Gasteiger partial charge in [-0.2, -0.15) is 13.2 Å². The first-order valence-corrected chi connectivity index (χ1v) is 4.51. The monoisotopic (exact) mass is 303 g/mol. The van der Waals surface area contributed by atoms with Gasteiger partial charge in [0, 0.05) is 10.1 Å². The molecule has 0 aliphatic heterocycles. The van der Waals surface area contributed by atoms with E-state index in [9.17, 15) is 13.2 Å². The molecular formula is C8H9F3IN. The SMILES string of the molecule is FC(F)F.NCc1ccc(I)cc1. The van der Waals surface area contributed by atoms with Crippen molar-refractivity contribution in [3.05, 3.63) is 33.4 Å². The van der Waals surface area contributed by atoms with E-state index in [0.29, 0.717) is 6.54 Å². The van der Waals surface area contributed by atoms with Gasteiger partial charge >= 0.3 is 6.68 Å². The molecule has 0 aromatic heterocycles. The van der Waals surface area contributed by atoms with E-state index in [1.165, 1.54) is 9.13 Å². The Balaban J connectivity index is 0.000000310. The molecule has 0 aliphatic carbocycles. The highest BCUT2D eigenvalue weighted by molar-refractivity contribution is 14.1. The van der Waals surface area contributed by atoms with Crippen LogP contribution in [0.25, 0.3) is 0 Å². The van der Waals surface area contributed by atoms with Crippen LogP contribution in [0, 0.1) is 3.57 Å². The molecule has 13 heavy (non-hydrogen) atoms. The minimum atomic E-state index is -3.67. The number of alkyl halides is 3. The van der Waals surface area contributed by atoms with Crippen LogP contribution in [-0.2, 0) is 6.54 Å². The van der Waals surface area contributed by atoms with E-state index < -0.39 is 6.68 Å². The molecule has 0 radical (unpaired) electrons. The van der Waals surface area contributed by atoms with Gasteiger partial charge in [0.15, 0.2) is 0 Å².